The van der Waals surface area contributed by atoms with Crippen LogP contribution in [0.15, 0.2) is 24.3 Å². The molecule has 8 nitrogen and oxygen atoms in total. The first-order valence-corrected chi connectivity index (χ1v) is 10.1. The van der Waals surface area contributed by atoms with Crippen LogP contribution in [0.4, 0.5) is 9.93 Å². The molecule has 9 heteroatoms. The maximum absolute atomic E-state index is 12.4. The second kappa shape index (κ2) is 7.76. The Bertz CT molecular complexity index is 899. The number of thiazole rings is 1. The number of fused-ring (bicyclic) bond motifs is 1. The van der Waals surface area contributed by atoms with Gasteiger partial charge in [0.25, 0.3) is 5.91 Å². The van der Waals surface area contributed by atoms with Crippen LogP contribution in [0.2, 0.25) is 0 Å². The van der Waals surface area contributed by atoms with E-state index in [2.05, 4.69) is 20.9 Å². The van der Waals surface area contributed by atoms with Crippen molar-refractivity contribution in [3.63, 3.8) is 0 Å². The van der Waals surface area contributed by atoms with Gasteiger partial charge in [-0.3, -0.25) is 4.79 Å². The van der Waals surface area contributed by atoms with Crippen molar-refractivity contribution in [3.8, 4) is 0 Å². The lowest BCUT2D eigenvalue weighted by Gasteiger charge is -2.42. The highest BCUT2D eigenvalue weighted by Gasteiger charge is 2.39. The third kappa shape index (κ3) is 3.81. The molecule has 1 aromatic heterocycles. The van der Waals surface area contributed by atoms with Crippen molar-refractivity contribution in [1.82, 2.24) is 20.9 Å². The summed E-state index contributed by atoms with van der Waals surface area (Å²) in [6.45, 7) is 2.82. The van der Waals surface area contributed by atoms with Gasteiger partial charge in [0.05, 0.1) is 11.7 Å². The van der Waals surface area contributed by atoms with Crippen LogP contribution in [0.5, 0.6) is 0 Å². The molecule has 2 fully saturated rings. The standard InChI is InChI=1S/C19H23N5O3S/c1-10-15(28-18(20)22-10)16(25)21-9-11-4-2-5-12(8-11)14-13-6-3-7-27-17(13)24-19(26)23-14/h2,4-5,8,13-14,17H,3,6-7,9H2,1H3,(H2,20,22)(H,21,25)(H2,23,24,26)/t13-,14-,17-/m0/s1. The van der Waals surface area contributed by atoms with E-state index in [0.29, 0.717) is 28.9 Å². The Kier molecular flexibility index (Phi) is 5.19. The summed E-state index contributed by atoms with van der Waals surface area (Å²) in [6, 6.07) is 7.59. The van der Waals surface area contributed by atoms with Gasteiger partial charge in [0.15, 0.2) is 5.13 Å². The molecule has 0 unspecified atom stereocenters. The van der Waals surface area contributed by atoms with Crippen molar-refractivity contribution < 1.29 is 14.3 Å². The maximum Gasteiger partial charge on any atom is 0.317 e. The number of hydrogen-bond acceptors (Lipinski definition) is 6. The molecule has 3 atom stereocenters. The van der Waals surface area contributed by atoms with Crippen LogP contribution in [-0.4, -0.2) is 29.8 Å². The fourth-order valence-electron chi connectivity index (χ4n) is 3.83. The van der Waals surface area contributed by atoms with E-state index in [4.69, 9.17) is 10.5 Å². The Morgan fingerprint density at radius 3 is 3.07 bits per heavy atom. The minimum Gasteiger partial charge on any atom is -0.375 e. The summed E-state index contributed by atoms with van der Waals surface area (Å²) in [6.07, 6.45) is 1.70. The third-order valence-electron chi connectivity index (χ3n) is 5.14. The summed E-state index contributed by atoms with van der Waals surface area (Å²) in [5.41, 5.74) is 8.28. The van der Waals surface area contributed by atoms with Gasteiger partial charge in [-0.1, -0.05) is 35.6 Å². The van der Waals surface area contributed by atoms with Crippen LogP contribution < -0.4 is 21.7 Å². The van der Waals surface area contributed by atoms with Crippen molar-refractivity contribution in [3.05, 3.63) is 46.0 Å². The molecule has 0 saturated carbocycles. The number of nitrogens with one attached hydrogen (secondary N) is 3. The molecule has 0 radical (unpaired) electrons. The van der Waals surface area contributed by atoms with Crippen LogP contribution in [0.1, 0.15) is 45.4 Å². The molecule has 5 N–H and O–H groups in total. The zero-order valence-electron chi connectivity index (χ0n) is 15.5. The number of rotatable bonds is 4. The van der Waals surface area contributed by atoms with Crippen LogP contribution in [-0.2, 0) is 11.3 Å². The van der Waals surface area contributed by atoms with E-state index in [1.165, 1.54) is 11.3 Å². The second-order valence-corrected chi connectivity index (χ2v) is 8.12. The molecule has 3 heterocycles. The Labute approximate surface area is 166 Å². The fourth-order valence-corrected chi connectivity index (χ4v) is 4.58. The van der Waals surface area contributed by atoms with Crippen LogP contribution in [0, 0.1) is 12.8 Å². The number of ether oxygens (including phenoxy) is 1. The summed E-state index contributed by atoms with van der Waals surface area (Å²) in [5, 5.41) is 9.18. The van der Waals surface area contributed by atoms with E-state index >= 15 is 0 Å². The third-order valence-corrected chi connectivity index (χ3v) is 6.12. The number of aryl methyl sites for hydroxylation is 1. The number of amides is 3. The Morgan fingerprint density at radius 1 is 1.43 bits per heavy atom. The first-order chi connectivity index (χ1) is 13.5. The quantitative estimate of drug-likeness (QED) is 0.625. The van der Waals surface area contributed by atoms with Crippen molar-refractivity contribution in [1.29, 1.82) is 0 Å². The van der Waals surface area contributed by atoms with Crippen molar-refractivity contribution in [2.45, 2.75) is 38.6 Å². The molecule has 0 aliphatic carbocycles. The number of nitrogens with two attached hydrogens (primary N) is 1. The highest BCUT2D eigenvalue weighted by atomic mass is 32.1. The number of anilines is 1. The van der Waals surface area contributed by atoms with Gasteiger partial charge in [-0.25, -0.2) is 9.78 Å². The summed E-state index contributed by atoms with van der Waals surface area (Å²) in [5.74, 6) is -0.00729. The SMILES string of the molecule is Cc1nc(N)sc1C(=O)NCc1cccc([C@@H]2NC(=O)N[C@H]3OCCC[C@H]32)c1. The lowest BCUT2D eigenvalue weighted by atomic mass is 9.85. The molecule has 0 spiro atoms. The average Bonchev–Trinajstić information content (AvgIpc) is 3.04. The van der Waals surface area contributed by atoms with Crippen LogP contribution in [0.25, 0.3) is 0 Å². The van der Waals surface area contributed by atoms with Gasteiger partial charge in [-0.2, -0.15) is 0 Å². The zero-order chi connectivity index (χ0) is 19.7. The monoisotopic (exact) mass is 401 g/mol. The largest absolute Gasteiger partial charge is 0.375 e. The Balaban J connectivity index is 1.47. The topological polar surface area (TPSA) is 118 Å². The van der Waals surface area contributed by atoms with Crippen molar-refractivity contribution in [2.24, 2.45) is 5.92 Å². The molecule has 2 saturated heterocycles. The van der Waals surface area contributed by atoms with E-state index in [1.807, 2.05) is 24.3 Å². The minimum atomic E-state index is -0.254. The number of carbonyl (C=O) groups is 2. The van der Waals surface area contributed by atoms with Crippen molar-refractivity contribution >= 4 is 28.4 Å². The molecule has 2 aliphatic rings. The Hall–Kier alpha value is -2.65. The summed E-state index contributed by atoms with van der Waals surface area (Å²) in [7, 11) is 0. The van der Waals surface area contributed by atoms with E-state index in [1.54, 1.807) is 6.92 Å². The second-order valence-electron chi connectivity index (χ2n) is 7.09. The lowest BCUT2D eigenvalue weighted by molar-refractivity contribution is -0.0602. The first kappa shape index (κ1) is 18.7. The first-order valence-electron chi connectivity index (χ1n) is 9.30. The highest BCUT2D eigenvalue weighted by molar-refractivity contribution is 7.17. The molecule has 0 bridgehead atoms. The van der Waals surface area contributed by atoms with E-state index in [0.717, 1.165) is 24.0 Å². The molecule has 1 aromatic carbocycles. The smallest absolute Gasteiger partial charge is 0.317 e. The van der Waals surface area contributed by atoms with E-state index < -0.39 is 0 Å². The molecule has 148 valence electrons. The molecule has 4 rings (SSSR count). The number of nitrogens with zero attached hydrogens (tertiary/aromatic N) is 1. The van der Waals surface area contributed by atoms with Gasteiger partial charge >= 0.3 is 6.03 Å². The predicted octanol–water partition coefficient (Wildman–Crippen LogP) is 2.07. The number of carbonyl (C=O) groups excluding carboxylic acids is 2. The number of nitrogen functional groups attached to an aromatic ring is 1. The minimum absolute atomic E-state index is 0.113. The lowest BCUT2D eigenvalue weighted by Crippen LogP contribution is -2.58. The summed E-state index contributed by atoms with van der Waals surface area (Å²) < 4.78 is 5.73. The van der Waals surface area contributed by atoms with Gasteiger partial charge in [-0.05, 0) is 30.9 Å². The van der Waals surface area contributed by atoms with E-state index in [-0.39, 0.29) is 30.1 Å². The van der Waals surface area contributed by atoms with Gasteiger partial charge in [0, 0.05) is 19.1 Å². The van der Waals surface area contributed by atoms with Gasteiger partial charge in [-0.15, -0.1) is 0 Å². The van der Waals surface area contributed by atoms with Crippen molar-refractivity contribution in [2.75, 3.05) is 12.3 Å². The molecular formula is C19H23N5O3S. The van der Waals surface area contributed by atoms with Crippen LogP contribution in [0.3, 0.4) is 0 Å². The molecule has 3 amide bonds. The highest BCUT2D eigenvalue weighted by Crippen LogP contribution is 2.34. The number of benzene rings is 1. The normalized spacial score (nSPS) is 24.0. The predicted molar refractivity (Wildman–Crippen MR) is 106 cm³/mol. The molecular weight excluding hydrogens is 378 g/mol. The Morgan fingerprint density at radius 2 is 2.29 bits per heavy atom. The van der Waals surface area contributed by atoms with Crippen LogP contribution >= 0.6 is 11.3 Å². The number of aromatic nitrogens is 1. The fraction of sp³-hybridized carbons (Fsp3) is 0.421. The van der Waals surface area contributed by atoms with Gasteiger partial charge in [0.1, 0.15) is 11.1 Å². The van der Waals surface area contributed by atoms with Gasteiger partial charge < -0.3 is 26.4 Å². The number of hydrogen-bond donors (Lipinski definition) is 4. The molecule has 2 aliphatic heterocycles. The zero-order valence-corrected chi connectivity index (χ0v) is 16.3. The average molecular weight is 401 g/mol. The number of urea groups is 1. The molecule has 2 aromatic rings. The maximum atomic E-state index is 12.4. The molecule has 28 heavy (non-hydrogen) atoms. The van der Waals surface area contributed by atoms with Gasteiger partial charge in [0.2, 0.25) is 0 Å². The summed E-state index contributed by atoms with van der Waals surface area (Å²) in [4.78, 5) is 29.0. The van der Waals surface area contributed by atoms with E-state index in [9.17, 15) is 9.59 Å². The summed E-state index contributed by atoms with van der Waals surface area (Å²) >= 11 is 1.18.